The number of rotatable bonds is 1. The number of nitrogens with zero attached hydrogens (tertiary/aromatic N) is 3. The van der Waals surface area contributed by atoms with Crippen molar-refractivity contribution in [3.05, 3.63) is 47.8 Å². The first-order valence-corrected chi connectivity index (χ1v) is 5.80. The summed E-state index contributed by atoms with van der Waals surface area (Å²) in [6.45, 7) is 1.92. The molecule has 3 aromatic rings. The molecule has 0 fully saturated rings. The summed E-state index contributed by atoms with van der Waals surface area (Å²) < 4.78 is 28.6. The van der Waals surface area contributed by atoms with E-state index in [0.717, 1.165) is 17.2 Å². The Morgan fingerprint density at radius 3 is 2.63 bits per heavy atom. The van der Waals surface area contributed by atoms with Crippen molar-refractivity contribution >= 4 is 11.0 Å². The number of hydrogen-bond acceptors (Lipinski definition) is 2. The lowest BCUT2D eigenvalue weighted by Gasteiger charge is -2.02. The number of pyridine rings is 1. The van der Waals surface area contributed by atoms with Crippen molar-refractivity contribution in [3.8, 4) is 11.4 Å². The van der Waals surface area contributed by atoms with Crippen molar-refractivity contribution in [3.63, 3.8) is 0 Å². The largest absolute Gasteiger partial charge is 0.327 e. The quantitative estimate of drug-likeness (QED) is 0.671. The van der Waals surface area contributed by atoms with E-state index in [-0.39, 0.29) is 5.52 Å². The van der Waals surface area contributed by atoms with Crippen LogP contribution in [-0.2, 0) is 7.05 Å². The van der Waals surface area contributed by atoms with Crippen LogP contribution < -0.4 is 0 Å². The van der Waals surface area contributed by atoms with Gasteiger partial charge >= 0.3 is 0 Å². The second-order valence-electron chi connectivity index (χ2n) is 4.50. The molecule has 5 heteroatoms. The number of imidazole rings is 1. The summed E-state index contributed by atoms with van der Waals surface area (Å²) in [5.74, 6) is -0.699. The van der Waals surface area contributed by atoms with Gasteiger partial charge in [0.15, 0.2) is 5.82 Å². The van der Waals surface area contributed by atoms with Crippen molar-refractivity contribution in [1.29, 1.82) is 0 Å². The van der Waals surface area contributed by atoms with Crippen molar-refractivity contribution < 1.29 is 8.78 Å². The van der Waals surface area contributed by atoms with E-state index < -0.39 is 11.6 Å². The minimum Gasteiger partial charge on any atom is -0.327 e. The molecule has 1 aromatic carbocycles. The highest BCUT2D eigenvalue weighted by Gasteiger charge is 2.14. The third-order valence-electron chi connectivity index (χ3n) is 3.04. The van der Waals surface area contributed by atoms with Gasteiger partial charge in [0.1, 0.15) is 17.2 Å². The summed E-state index contributed by atoms with van der Waals surface area (Å²) >= 11 is 0. The SMILES string of the molecule is Cc1cncc(-c2nc3c(F)cc(F)cc3n2C)c1. The highest BCUT2D eigenvalue weighted by molar-refractivity contribution is 5.81. The first-order valence-electron chi connectivity index (χ1n) is 5.80. The molecule has 96 valence electrons. The Bertz CT molecular complexity index is 778. The lowest BCUT2D eigenvalue weighted by atomic mass is 10.2. The number of aryl methyl sites for hydroxylation is 2. The van der Waals surface area contributed by atoms with Gasteiger partial charge in [-0.15, -0.1) is 0 Å². The molecule has 3 rings (SSSR count). The normalized spacial score (nSPS) is 11.2. The zero-order chi connectivity index (χ0) is 13.6. The van der Waals surface area contributed by atoms with Crippen LogP contribution in [0, 0.1) is 18.6 Å². The molecular weight excluding hydrogens is 248 g/mol. The van der Waals surface area contributed by atoms with Crippen LogP contribution in [0.2, 0.25) is 0 Å². The molecule has 0 atom stereocenters. The Hall–Kier alpha value is -2.30. The molecule has 0 aliphatic carbocycles. The Kier molecular flexibility index (Phi) is 2.55. The molecule has 0 unspecified atom stereocenters. The van der Waals surface area contributed by atoms with E-state index in [2.05, 4.69) is 9.97 Å². The van der Waals surface area contributed by atoms with Crippen LogP contribution in [-0.4, -0.2) is 14.5 Å². The molecular formula is C14H11F2N3. The van der Waals surface area contributed by atoms with Crippen molar-refractivity contribution in [2.45, 2.75) is 6.92 Å². The standard InChI is InChI=1S/C14H11F2N3/c1-8-3-9(7-17-6-8)14-18-13-11(16)4-10(15)5-12(13)19(14)2/h3-7H,1-2H3. The van der Waals surface area contributed by atoms with Gasteiger partial charge in [-0.3, -0.25) is 4.98 Å². The predicted molar refractivity (Wildman–Crippen MR) is 68.6 cm³/mol. The molecule has 2 heterocycles. The molecule has 0 N–H and O–H groups in total. The lowest BCUT2D eigenvalue weighted by molar-refractivity contribution is 0.590. The van der Waals surface area contributed by atoms with Crippen molar-refractivity contribution in [2.75, 3.05) is 0 Å². The number of fused-ring (bicyclic) bond motifs is 1. The maximum absolute atomic E-state index is 13.7. The molecule has 0 bridgehead atoms. The smallest absolute Gasteiger partial charge is 0.153 e. The maximum atomic E-state index is 13.7. The fourth-order valence-electron chi connectivity index (χ4n) is 2.15. The molecule has 0 saturated carbocycles. The van der Waals surface area contributed by atoms with E-state index in [1.807, 2.05) is 13.0 Å². The predicted octanol–water partition coefficient (Wildman–Crippen LogP) is 3.22. The number of halogens is 2. The van der Waals surface area contributed by atoms with E-state index in [1.165, 1.54) is 6.07 Å². The molecule has 2 aromatic heterocycles. The first kappa shape index (κ1) is 11.8. The van der Waals surface area contributed by atoms with Crippen LogP contribution in [0.3, 0.4) is 0 Å². The molecule has 0 amide bonds. The Labute approximate surface area is 108 Å². The first-order chi connectivity index (χ1) is 9.06. The molecule has 0 aliphatic rings. The Morgan fingerprint density at radius 1 is 1.11 bits per heavy atom. The van der Waals surface area contributed by atoms with Gasteiger partial charge in [-0.25, -0.2) is 13.8 Å². The topological polar surface area (TPSA) is 30.7 Å². The molecule has 0 aliphatic heterocycles. The Morgan fingerprint density at radius 2 is 1.89 bits per heavy atom. The van der Waals surface area contributed by atoms with Gasteiger partial charge in [-0.1, -0.05) is 0 Å². The summed E-state index contributed by atoms with van der Waals surface area (Å²) in [4.78, 5) is 8.34. The van der Waals surface area contributed by atoms with Crippen LogP contribution in [0.5, 0.6) is 0 Å². The van der Waals surface area contributed by atoms with E-state index in [0.29, 0.717) is 11.3 Å². The summed E-state index contributed by atoms with van der Waals surface area (Å²) in [5.41, 5.74) is 2.35. The molecule has 19 heavy (non-hydrogen) atoms. The average Bonchev–Trinajstić information content (AvgIpc) is 2.68. The van der Waals surface area contributed by atoms with Crippen LogP contribution in [0.4, 0.5) is 8.78 Å². The van der Waals surface area contributed by atoms with Gasteiger partial charge < -0.3 is 4.57 Å². The maximum Gasteiger partial charge on any atom is 0.153 e. The second kappa shape index (κ2) is 4.12. The van der Waals surface area contributed by atoms with Crippen LogP contribution in [0.1, 0.15) is 5.56 Å². The van der Waals surface area contributed by atoms with Gasteiger partial charge in [0.05, 0.1) is 5.52 Å². The third-order valence-corrected chi connectivity index (χ3v) is 3.04. The molecule has 3 nitrogen and oxygen atoms in total. The molecule has 0 spiro atoms. The second-order valence-corrected chi connectivity index (χ2v) is 4.50. The minimum atomic E-state index is -0.655. The zero-order valence-electron chi connectivity index (χ0n) is 10.5. The number of hydrogen-bond donors (Lipinski definition) is 0. The molecule has 0 saturated heterocycles. The van der Waals surface area contributed by atoms with Gasteiger partial charge in [-0.05, 0) is 24.6 Å². The highest BCUT2D eigenvalue weighted by Crippen LogP contribution is 2.26. The minimum absolute atomic E-state index is 0.167. The highest BCUT2D eigenvalue weighted by atomic mass is 19.1. The summed E-state index contributed by atoms with van der Waals surface area (Å²) in [5, 5.41) is 0. The average molecular weight is 259 g/mol. The Balaban J connectivity index is 2.31. The van der Waals surface area contributed by atoms with Crippen molar-refractivity contribution in [2.24, 2.45) is 7.05 Å². The summed E-state index contributed by atoms with van der Waals surface area (Å²) in [7, 11) is 1.73. The monoisotopic (exact) mass is 259 g/mol. The van der Waals surface area contributed by atoms with Gasteiger partial charge in [0, 0.05) is 31.1 Å². The van der Waals surface area contributed by atoms with Gasteiger partial charge in [0.25, 0.3) is 0 Å². The number of aromatic nitrogens is 3. The van der Waals surface area contributed by atoms with Gasteiger partial charge in [-0.2, -0.15) is 0 Å². The summed E-state index contributed by atoms with van der Waals surface area (Å²) in [6, 6.07) is 4.02. The fraction of sp³-hybridized carbons (Fsp3) is 0.143. The van der Waals surface area contributed by atoms with Crippen LogP contribution in [0.15, 0.2) is 30.6 Å². The van der Waals surface area contributed by atoms with Crippen LogP contribution >= 0.6 is 0 Å². The molecule has 0 radical (unpaired) electrons. The van der Waals surface area contributed by atoms with Crippen LogP contribution in [0.25, 0.3) is 22.4 Å². The number of benzene rings is 1. The van der Waals surface area contributed by atoms with E-state index in [9.17, 15) is 8.78 Å². The van der Waals surface area contributed by atoms with E-state index in [4.69, 9.17) is 0 Å². The van der Waals surface area contributed by atoms with E-state index in [1.54, 1.807) is 24.0 Å². The summed E-state index contributed by atoms with van der Waals surface area (Å²) in [6.07, 6.45) is 3.38. The third kappa shape index (κ3) is 1.87. The van der Waals surface area contributed by atoms with Gasteiger partial charge in [0.2, 0.25) is 0 Å². The van der Waals surface area contributed by atoms with E-state index >= 15 is 0 Å². The zero-order valence-corrected chi connectivity index (χ0v) is 10.5. The lowest BCUT2D eigenvalue weighted by Crippen LogP contribution is -1.93. The van der Waals surface area contributed by atoms with Crippen molar-refractivity contribution in [1.82, 2.24) is 14.5 Å². The fourth-order valence-corrected chi connectivity index (χ4v) is 2.15.